The van der Waals surface area contributed by atoms with Crippen LogP contribution in [0.1, 0.15) is 11.1 Å². The molecular weight excluding hydrogens is 244 g/mol. The van der Waals surface area contributed by atoms with Gasteiger partial charge in [-0.05, 0) is 48.2 Å². The van der Waals surface area contributed by atoms with E-state index in [1.54, 1.807) is 18.2 Å². The average molecular weight is 260 g/mol. The zero-order valence-corrected chi connectivity index (χ0v) is 10.6. The second kappa shape index (κ2) is 5.52. The third-order valence-corrected chi connectivity index (χ3v) is 2.97. The number of aromatic hydroxyl groups is 3. The number of ether oxygens (including phenoxy) is 1. The molecule has 2 rings (SSSR count). The van der Waals surface area contributed by atoms with Gasteiger partial charge in [0.2, 0.25) is 5.75 Å². The molecule has 0 aliphatic rings. The van der Waals surface area contributed by atoms with Gasteiger partial charge in [-0.15, -0.1) is 0 Å². The van der Waals surface area contributed by atoms with Crippen molar-refractivity contribution in [2.24, 2.45) is 0 Å². The maximum Gasteiger partial charge on any atom is 0.200 e. The van der Waals surface area contributed by atoms with Crippen LogP contribution in [0.3, 0.4) is 0 Å². The van der Waals surface area contributed by atoms with Crippen molar-refractivity contribution < 1.29 is 20.1 Å². The molecule has 0 amide bonds. The minimum Gasteiger partial charge on any atom is -0.508 e. The summed E-state index contributed by atoms with van der Waals surface area (Å²) in [6, 6.07) is 10.2. The van der Waals surface area contributed by atoms with Crippen LogP contribution >= 0.6 is 0 Å². The van der Waals surface area contributed by atoms with E-state index >= 15 is 0 Å². The molecule has 0 heterocycles. The van der Waals surface area contributed by atoms with Gasteiger partial charge in [-0.2, -0.15) is 0 Å². The van der Waals surface area contributed by atoms with Crippen LogP contribution in [-0.4, -0.2) is 22.4 Å². The molecule has 3 N–H and O–H groups in total. The second-order valence-electron chi connectivity index (χ2n) is 4.33. The zero-order chi connectivity index (χ0) is 13.8. The van der Waals surface area contributed by atoms with Crippen LogP contribution in [0.25, 0.3) is 0 Å². The van der Waals surface area contributed by atoms with Gasteiger partial charge >= 0.3 is 0 Å². The van der Waals surface area contributed by atoms with Gasteiger partial charge in [-0.3, -0.25) is 0 Å². The van der Waals surface area contributed by atoms with E-state index in [4.69, 9.17) is 4.74 Å². The minimum absolute atomic E-state index is 0.181. The van der Waals surface area contributed by atoms with Crippen molar-refractivity contribution in [3.8, 4) is 23.0 Å². The van der Waals surface area contributed by atoms with E-state index in [0.717, 1.165) is 17.5 Å². The molecule has 0 aliphatic carbocycles. The summed E-state index contributed by atoms with van der Waals surface area (Å²) in [6.07, 6.45) is 1.47. The summed E-state index contributed by atoms with van der Waals surface area (Å²) in [7, 11) is 1.44. The van der Waals surface area contributed by atoms with Crippen molar-refractivity contribution in [3.63, 3.8) is 0 Å². The van der Waals surface area contributed by atoms with E-state index in [0.29, 0.717) is 6.42 Å². The van der Waals surface area contributed by atoms with Gasteiger partial charge in [0.1, 0.15) is 5.75 Å². The van der Waals surface area contributed by atoms with Crippen molar-refractivity contribution >= 4 is 0 Å². The number of benzene rings is 2. The largest absolute Gasteiger partial charge is 0.508 e. The van der Waals surface area contributed by atoms with E-state index < -0.39 is 0 Å². The fourth-order valence-electron chi connectivity index (χ4n) is 1.90. The van der Waals surface area contributed by atoms with Gasteiger partial charge in [0.05, 0.1) is 7.11 Å². The van der Waals surface area contributed by atoms with Crippen LogP contribution in [0.5, 0.6) is 23.0 Å². The number of aryl methyl sites for hydroxylation is 2. The Kier molecular flexibility index (Phi) is 3.80. The SMILES string of the molecule is COc1cc(CCc2ccc(O)cc2)cc(O)c1O. The van der Waals surface area contributed by atoms with Crippen molar-refractivity contribution in [2.75, 3.05) is 7.11 Å². The summed E-state index contributed by atoms with van der Waals surface area (Å²) < 4.78 is 4.99. The molecule has 4 heteroatoms. The lowest BCUT2D eigenvalue weighted by molar-refractivity contribution is 0.350. The number of rotatable bonds is 4. The van der Waals surface area contributed by atoms with Crippen LogP contribution in [0, 0.1) is 0 Å². The van der Waals surface area contributed by atoms with Crippen molar-refractivity contribution in [2.45, 2.75) is 12.8 Å². The Hall–Kier alpha value is -2.36. The van der Waals surface area contributed by atoms with E-state index in [1.807, 2.05) is 12.1 Å². The monoisotopic (exact) mass is 260 g/mol. The summed E-state index contributed by atoms with van der Waals surface area (Å²) in [5, 5.41) is 28.3. The molecule has 0 fully saturated rings. The molecule has 0 atom stereocenters. The van der Waals surface area contributed by atoms with E-state index in [1.165, 1.54) is 13.2 Å². The molecule has 4 nitrogen and oxygen atoms in total. The molecule has 0 aromatic heterocycles. The third kappa shape index (κ3) is 3.10. The molecule has 100 valence electrons. The van der Waals surface area contributed by atoms with Crippen LogP contribution in [0.15, 0.2) is 36.4 Å². The number of phenolic OH excluding ortho intramolecular Hbond substituents is 3. The first-order valence-corrected chi connectivity index (χ1v) is 5.97. The van der Waals surface area contributed by atoms with Crippen LogP contribution in [0.2, 0.25) is 0 Å². The van der Waals surface area contributed by atoms with Gasteiger partial charge in [-0.1, -0.05) is 12.1 Å². The molecule has 0 saturated heterocycles. The molecule has 0 bridgehead atoms. The Morgan fingerprint density at radius 3 is 2.16 bits per heavy atom. The fraction of sp³-hybridized carbons (Fsp3) is 0.200. The number of hydrogen-bond acceptors (Lipinski definition) is 4. The summed E-state index contributed by atoms with van der Waals surface area (Å²) in [5.41, 5.74) is 1.96. The molecule has 19 heavy (non-hydrogen) atoms. The van der Waals surface area contributed by atoms with E-state index in [-0.39, 0.29) is 23.0 Å². The smallest absolute Gasteiger partial charge is 0.200 e. The number of phenols is 3. The Bertz CT molecular complexity index is 561. The highest BCUT2D eigenvalue weighted by molar-refractivity contribution is 5.52. The van der Waals surface area contributed by atoms with Gasteiger partial charge in [0.25, 0.3) is 0 Å². The normalized spacial score (nSPS) is 10.4. The Morgan fingerprint density at radius 2 is 1.53 bits per heavy atom. The molecule has 0 unspecified atom stereocenters. The van der Waals surface area contributed by atoms with Gasteiger partial charge in [-0.25, -0.2) is 0 Å². The van der Waals surface area contributed by atoms with Gasteiger partial charge in [0, 0.05) is 0 Å². The number of methoxy groups -OCH3 is 1. The summed E-state index contributed by atoms with van der Waals surface area (Å²) >= 11 is 0. The molecule has 0 spiro atoms. The Labute approximate surface area is 111 Å². The van der Waals surface area contributed by atoms with Gasteiger partial charge in [0.15, 0.2) is 11.5 Å². The maximum absolute atomic E-state index is 9.58. The van der Waals surface area contributed by atoms with E-state index in [2.05, 4.69) is 0 Å². The predicted molar refractivity (Wildman–Crippen MR) is 71.8 cm³/mol. The van der Waals surface area contributed by atoms with E-state index in [9.17, 15) is 15.3 Å². The Morgan fingerprint density at radius 1 is 0.895 bits per heavy atom. The molecule has 0 radical (unpaired) electrons. The van der Waals surface area contributed by atoms with Crippen LogP contribution < -0.4 is 4.74 Å². The highest BCUT2D eigenvalue weighted by Crippen LogP contribution is 2.36. The second-order valence-corrected chi connectivity index (χ2v) is 4.33. The minimum atomic E-state index is -0.240. The zero-order valence-electron chi connectivity index (χ0n) is 10.6. The summed E-state index contributed by atoms with van der Waals surface area (Å²) in [6.45, 7) is 0. The molecule has 0 aliphatic heterocycles. The Balaban J connectivity index is 2.11. The summed E-state index contributed by atoms with van der Waals surface area (Å²) in [4.78, 5) is 0. The first kappa shape index (κ1) is 13.1. The van der Waals surface area contributed by atoms with Crippen LogP contribution in [-0.2, 0) is 12.8 Å². The van der Waals surface area contributed by atoms with Crippen molar-refractivity contribution in [3.05, 3.63) is 47.5 Å². The first-order valence-electron chi connectivity index (χ1n) is 5.97. The maximum atomic E-state index is 9.58. The lowest BCUT2D eigenvalue weighted by atomic mass is 10.0. The first-order chi connectivity index (χ1) is 9.10. The molecule has 2 aromatic rings. The average Bonchev–Trinajstić information content (AvgIpc) is 2.41. The highest BCUT2D eigenvalue weighted by atomic mass is 16.5. The molecular formula is C15H16O4. The number of hydrogen-bond donors (Lipinski definition) is 3. The van der Waals surface area contributed by atoms with Gasteiger partial charge < -0.3 is 20.1 Å². The highest BCUT2D eigenvalue weighted by Gasteiger charge is 2.09. The summed E-state index contributed by atoms with van der Waals surface area (Å²) in [5.74, 6) is 0.0874. The van der Waals surface area contributed by atoms with Crippen LogP contribution in [0.4, 0.5) is 0 Å². The molecule has 2 aromatic carbocycles. The fourth-order valence-corrected chi connectivity index (χ4v) is 1.90. The van der Waals surface area contributed by atoms with Crippen molar-refractivity contribution in [1.29, 1.82) is 0 Å². The molecule has 0 saturated carbocycles. The predicted octanol–water partition coefficient (Wildman–Crippen LogP) is 2.60. The quantitative estimate of drug-likeness (QED) is 0.739. The topological polar surface area (TPSA) is 69.9 Å². The third-order valence-electron chi connectivity index (χ3n) is 2.97. The van der Waals surface area contributed by atoms with Crippen molar-refractivity contribution in [1.82, 2.24) is 0 Å². The lowest BCUT2D eigenvalue weighted by Gasteiger charge is -2.09. The lowest BCUT2D eigenvalue weighted by Crippen LogP contribution is -1.93. The standard InChI is InChI=1S/C15H16O4/c1-19-14-9-11(8-13(17)15(14)18)3-2-10-4-6-12(16)7-5-10/h4-9,16-18H,2-3H2,1H3.